The molecule has 0 aromatic heterocycles. The maximum Gasteiger partial charge on any atom is 0.471 e. The predicted molar refractivity (Wildman–Crippen MR) is 55.2 cm³/mol. The molecule has 2 aliphatic heterocycles. The first-order valence-electron chi connectivity index (χ1n) is 5.32. The Kier molecular flexibility index (Phi) is 2.87. The third-order valence-corrected chi connectivity index (χ3v) is 5.44. The summed E-state index contributed by atoms with van der Waals surface area (Å²) in [5.74, 6) is -6.45. The van der Waals surface area contributed by atoms with Gasteiger partial charge in [0.1, 0.15) is 0 Å². The lowest BCUT2D eigenvalue weighted by atomic mass is 9.69. The third kappa shape index (κ3) is 1.95. The molecular formula is C9H9F4NO5S. The van der Waals surface area contributed by atoms with Crippen molar-refractivity contribution in [3.8, 4) is 0 Å². The number of likely N-dealkylation sites (tertiary alicyclic amines) is 1. The summed E-state index contributed by atoms with van der Waals surface area (Å²) in [6.07, 6.45) is -5.17. The average molecular weight is 319 g/mol. The summed E-state index contributed by atoms with van der Waals surface area (Å²) >= 11 is 0. The van der Waals surface area contributed by atoms with Gasteiger partial charge in [0.15, 0.2) is 9.84 Å². The maximum atomic E-state index is 14.4. The Morgan fingerprint density at radius 1 is 1.15 bits per heavy atom. The van der Waals surface area contributed by atoms with Crippen molar-refractivity contribution < 1.29 is 40.7 Å². The molecule has 1 amide bonds. The fourth-order valence-electron chi connectivity index (χ4n) is 2.68. The lowest BCUT2D eigenvalue weighted by molar-refractivity contribution is -0.204. The van der Waals surface area contributed by atoms with Crippen molar-refractivity contribution in [3.63, 3.8) is 0 Å². The highest BCUT2D eigenvalue weighted by Crippen LogP contribution is 2.51. The Hall–Kier alpha value is -1.39. The number of aliphatic carboxylic acids is 1. The number of halogens is 4. The Labute approximate surface area is 110 Å². The Balaban J connectivity index is 2.27. The van der Waals surface area contributed by atoms with Gasteiger partial charge in [0, 0.05) is 13.1 Å². The van der Waals surface area contributed by atoms with Gasteiger partial charge in [-0.1, -0.05) is 0 Å². The van der Waals surface area contributed by atoms with Crippen LogP contribution in [0.4, 0.5) is 17.6 Å². The monoisotopic (exact) mass is 319 g/mol. The quantitative estimate of drug-likeness (QED) is 0.664. The first-order valence-corrected chi connectivity index (χ1v) is 7.14. The number of rotatable bonds is 1. The minimum absolute atomic E-state index is 0.206. The van der Waals surface area contributed by atoms with Gasteiger partial charge in [0.2, 0.25) is 5.67 Å². The second-order valence-electron chi connectivity index (χ2n) is 5.08. The van der Waals surface area contributed by atoms with Crippen LogP contribution < -0.4 is 0 Å². The van der Waals surface area contributed by atoms with Crippen molar-refractivity contribution in [3.05, 3.63) is 0 Å². The van der Waals surface area contributed by atoms with E-state index < -0.39 is 63.6 Å². The van der Waals surface area contributed by atoms with E-state index >= 15 is 0 Å². The fourth-order valence-corrected chi connectivity index (χ4v) is 5.07. The Bertz CT molecular complexity index is 580. The largest absolute Gasteiger partial charge is 0.479 e. The van der Waals surface area contributed by atoms with E-state index in [1.165, 1.54) is 0 Å². The van der Waals surface area contributed by atoms with Crippen LogP contribution in [-0.4, -0.2) is 66.7 Å². The summed E-state index contributed by atoms with van der Waals surface area (Å²) in [7, 11) is -4.03. The minimum atomic E-state index is -5.17. The number of sulfone groups is 1. The number of amides is 1. The Morgan fingerprint density at radius 3 is 2.05 bits per heavy atom. The highest BCUT2D eigenvalue weighted by Gasteiger charge is 2.72. The molecule has 114 valence electrons. The van der Waals surface area contributed by atoms with Crippen LogP contribution >= 0.6 is 0 Å². The first-order chi connectivity index (χ1) is 8.83. The van der Waals surface area contributed by atoms with Crippen molar-refractivity contribution in [2.75, 3.05) is 24.6 Å². The van der Waals surface area contributed by atoms with E-state index in [1.54, 1.807) is 0 Å². The highest BCUT2D eigenvalue weighted by molar-refractivity contribution is 7.91. The zero-order chi connectivity index (χ0) is 15.6. The summed E-state index contributed by atoms with van der Waals surface area (Å²) in [5.41, 5.74) is -5.17. The molecule has 0 bridgehead atoms. The van der Waals surface area contributed by atoms with E-state index in [-0.39, 0.29) is 4.90 Å². The molecule has 2 aliphatic rings. The summed E-state index contributed by atoms with van der Waals surface area (Å²) in [4.78, 5) is 22.0. The lowest BCUT2D eigenvalue weighted by Crippen LogP contribution is -2.70. The molecule has 2 fully saturated rings. The molecule has 0 radical (unpaired) electrons. The molecule has 1 unspecified atom stereocenters. The number of hydrogen-bond donors (Lipinski definition) is 1. The van der Waals surface area contributed by atoms with Crippen molar-refractivity contribution in [2.24, 2.45) is 5.41 Å². The standard InChI is InChI=1S/C9H9F4NO5S/c10-8(6(16)17)4-20(18,19)3-7(8)1-14(2-7)5(15)9(11,12)13/h1-4H2,(H,16,17). The van der Waals surface area contributed by atoms with Crippen LogP contribution in [-0.2, 0) is 19.4 Å². The molecule has 6 nitrogen and oxygen atoms in total. The number of carboxylic acids is 1. The van der Waals surface area contributed by atoms with Crippen LogP contribution in [0.1, 0.15) is 0 Å². The van der Waals surface area contributed by atoms with Gasteiger partial charge in [-0.15, -0.1) is 0 Å². The summed E-state index contributed by atoms with van der Waals surface area (Å²) < 4.78 is 73.7. The van der Waals surface area contributed by atoms with Crippen LogP contribution in [0, 0.1) is 5.41 Å². The van der Waals surface area contributed by atoms with E-state index in [9.17, 15) is 35.6 Å². The van der Waals surface area contributed by atoms with Crippen LogP contribution in [0.5, 0.6) is 0 Å². The molecule has 0 aromatic rings. The van der Waals surface area contributed by atoms with Gasteiger partial charge in [-0.2, -0.15) is 13.2 Å². The number of carboxylic acid groups (broad SMARTS) is 1. The zero-order valence-electron chi connectivity index (χ0n) is 9.78. The summed E-state index contributed by atoms with van der Waals surface area (Å²) in [5, 5.41) is 8.82. The van der Waals surface area contributed by atoms with E-state index in [2.05, 4.69) is 0 Å². The molecule has 1 spiro atoms. The topological polar surface area (TPSA) is 91.8 Å². The fraction of sp³-hybridized carbons (Fsp3) is 0.778. The molecule has 1 N–H and O–H groups in total. The number of alkyl halides is 4. The zero-order valence-corrected chi connectivity index (χ0v) is 10.6. The van der Waals surface area contributed by atoms with E-state index in [0.29, 0.717) is 0 Å². The van der Waals surface area contributed by atoms with Gasteiger partial charge >= 0.3 is 18.1 Å². The molecule has 20 heavy (non-hydrogen) atoms. The molecule has 0 aromatic carbocycles. The van der Waals surface area contributed by atoms with Crippen molar-refractivity contribution in [1.29, 1.82) is 0 Å². The smallest absolute Gasteiger partial charge is 0.471 e. The average Bonchev–Trinajstić information content (AvgIpc) is 2.41. The van der Waals surface area contributed by atoms with Gasteiger partial charge in [-0.3, -0.25) is 4.79 Å². The molecule has 2 rings (SSSR count). The number of carbonyl (C=O) groups excluding carboxylic acids is 1. The van der Waals surface area contributed by atoms with Gasteiger partial charge in [0.05, 0.1) is 16.9 Å². The van der Waals surface area contributed by atoms with E-state index in [4.69, 9.17) is 5.11 Å². The van der Waals surface area contributed by atoms with Crippen molar-refractivity contribution >= 4 is 21.7 Å². The van der Waals surface area contributed by atoms with E-state index in [1.807, 2.05) is 0 Å². The summed E-state index contributed by atoms with van der Waals surface area (Å²) in [6.45, 7) is -1.76. The molecule has 11 heteroatoms. The van der Waals surface area contributed by atoms with Gasteiger partial charge in [-0.05, 0) is 0 Å². The van der Waals surface area contributed by atoms with Gasteiger partial charge in [0.25, 0.3) is 0 Å². The third-order valence-electron chi connectivity index (χ3n) is 3.61. The molecule has 0 aliphatic carbocycles. The molecule has 0 saturated carbocycles. The predicted octanol–water partition coefficient (Wildman–Crippen LogP) is -0.401. The lowest BCUT2D eigenvalue weighted by Gasteiger charge is -2.51. The maximum absolute atomic E-state index is 14.4. The molecule has 2 heterocycles. The van der Waals surface area contributed by atoms with Crippen LogP contribution in [0.3, 0.4) is 0 Å². The molecule has 2 saturated heterocycles. The van der Waals surface area contributed by atoms with E-state index in [0.717, 1.165) is 0 Å². The van der Waals surface area contributed by atoms with Crippen LogP contribution in [0.25, 0.3) is 0 Å². The number of carbonyl (C=O) groups is 2. The molecule has 1 atom stereocenters. The number of nitrogens with zero attached hydrogens (tertiary/aromatic N) is 1. The summed E-state index contributed by atoms with van der Waals surface area (Å²) in [6, 6.07) is 0. The molecular weight excluding hydrogens is 310 g/mol. The Morgan fingerprint density at radius 2 is 1.65 bits per heavy atom. The SMILES string of the molecule is O=C(N1CC2(C1)CS(=O)(=O)CC2(F)C(=O)O)C(F)(F)F. The van der Waals surface area contributed by atoms with Gasteiger partial charge < -0.3 is 10.0 Å². The van der Waals surface area contributed by atoms with Crippen LogP contribution in [0.15, 0.2) is 0 Å². The highest BCUT2D eigenvalue weighted by atomic mass is 32.2. The first kappa shape index (κ1) is 15.0. The number of hydrogen-bond acceptors (Lipinski definition) is 4. The second-order valence-corrected chi connectivity index (χ2v) is 7.14. The van der Waals surface area contributed by atoms with Gasteiger partial charge in [-0.25, -0.2) is 17.6 Å². The second kappa shape index (κ2) is 3.83. The normalized spacial score (nSPS) is 31.1. The van der Waals surface area contributed by atoms with Crippen molar-refractivity contribution in [2.45, 2.75) is 11.8 Å². The minimum Gasteiger partial charge on any atom is -0.479 e. The van der Waals surface area contributed by atoms with Crippen LogP contribution in [0.2, 0.25) is 0 Å². The van der Waals surface area contributed by atoms with Crippen molar-refractivity contribution in [1.82, 2.24) is 4.90 Å².